The van der Waals surface area contributed by atoms with Crippen molar-refractivity contribution in [1.29, 1.82) is 0 Å². The number of hydrogen-bond donors (Lipinski definition) is 3. The maximum absolute atomic E-state index is 12.9. The van der Waals surface area contributed by atoms with Gasteiger partial charge in [0.1, 0.15) is 22.7 Å². The predicted octanol–water partition coefficient (Wildman–Crippen LogP) is 0.992. The highest BCUT2D eigenvalue weighted by Gasteiger charge is 2.54. The average Bonchev–Trinajstić information content (AvgIpc) is 3.57. The summed E-state index contributed by atoms with van der Waals surface area (Å²) >= 11 is 3.59. The van der Waals surface area contributed by atoms with Gasteiger partial charge in [0.05, 0.1) is 5.69 Å². The van der Waals surface area contributed by atoms with Gasteiger partial charge in [-0.15, -0.1) is 28.2 Å². The molecule has 40 heavy (non-hydrogen) atoms. The van der Waals surface area contributed by atoms with Crippen molar-refractivity contribution in [3.8, 4) is 0 Å². The molecular formula is C22H28N8O7S3. The number of aryl methyl sites for hydroxylation is 1. The zero-order valence-corrected chi connectivity index (χ0v) is 24.7. The fourth-order valence-corrected chi connectivity index (χ4v) is 6.80. The number of ether oxygens (including phenoxy) is 1. The van der Waals surface area contributed by atoms with Crippen molar-refractivity contribution in [1.82, 2.24) is 35.4 Å². The molecule has 1 fully saturated rings. The van der Waals surface area contributed by atoms with Crippen LogP contribution < -0.4 is 10.2 Å². The van der Waals surface area contributed by atoms with E-state index >= 15 is 0 Å². The summed E-state index contributed by atoms with van der Waals surface area (Å²) in [4.78, 5) is 56.8. The van der Waals surface area contributed by atoms with Crippen LogP contribution in [0.1, 0.15) is 39.0 Å². The van der Waals surface area contributed by atoms with E-state index in [4.69, 9.17) is 4.74 Å². The maximum atomic E-state index is 12.9. The number of fused-ring (bicyclic) bond motifs is 1. The Labute approximate surface area is 241 Å². The van der Waals surface area contributed by atoms with Crippen molar-refractivity contribution in [3.63, 3.8) is 0 Å². The smallest absolute Gasteiger partial charge is 0.416 e. The zero-order chi connectivity index (χ0) is 29.4. The first-order valence-corrected chi connectivity index (χ1v) is 14.9. The Bertz CT molecular complexity index is 1360. The van der Waals surface area contributed by atoms with Gasteiger partial charge >= 0.3 is 12.1 Å². The number of aliphatic hydroxyl groups excluding tert-OH is 1. The molecule has 0 bridgehead atoms. The molecule has 2 unspecified atom stereocenters. The van der Waals surface area contributed by atoms with Gasteiger partial charge in [0.25, 0.3) is 11.8 Å². The van der Waals surface area contributed by atoms with Crippen LogP contribution in [0.2, 0.25) is 0 Å². The van der Waals surface area contributed by atoms with E-state index < -0.39 is 47.0 Å². The average molecular weight is 613 g/mol. The summed E-state index contributed by atoms with van der Waals surface area (Å²) in [6, 6.07) is -1.02. The van der Waals surface area contributed by atoms with E-state index in [9.17, 15) is 29.4 Å². The van der Waals surface area contributed by atoms with E-state index in [1.165, 1.54) is 45.5 Å². The Morgan fingerprint density at radius 2 is 2.10 bits per heavy atom. The minimum atomic E-state index is -1.71. The first kappa shape index (κ1) is 29.8. The van der Waals surface area contributed by atoms with E-state index in [0.29, 0.717) is 22.9 Å². The summed E-state index contributed by atoms with van der Waals surface area (Å²) in [6.07, 6.45) is -1.73. The Kier molecular flexibility index (Phi) is 8.72. The van der Waals surface area contributed by atoms with E-state index in [1.807, 2.05) is 6.92 Å². The molecule has 3 atom stereocenters. The van der Waals surface area contributed by atoms with Crippen LogP contribution in [-0.4, -0.2) is 99.8 Å². The summed E-state index contributed by atoms with van der Waals surface area (Å²) in [7, 11) is 3.13. The second-order valence-corrected chi connectivity index (χ2v) is 12.4. The number of carbonyl (C=O) groups is 4. The molecule has 3 amide bonds. The molecular weight excluding hydrogens is 584 g/mol. The van der Waals surface area contributed by atoms with Crippen molar-refractivity contribution in [2.75, 3.05) is 23.5 Å². The summed E-state index contributed by atoms with van der Waals surface area (Å²) in [6.45, 7) is 5.44. The standard InChI is InChI=1S/C22H28N8O7S3/c1-6-22(2,3)37-21(36)28(4)19-23-11(9-40-19)14(31)15(32)24-12-16(33)30-13(18(34)35)10(7-38-17(12)30)8-39-20-25-26-27-29(20)5/h9,12,14,17,31H,6-8H2,1-5H3,(H,24,32)(H,34,35)/t12?,14?,17-/m1/s1. The number of nitrogens with zero attached hydrogens (tertiary/aromatic N) is 7. The highest BCUT2D eigenvalue weighted by Crippen LogP contribution is 2.41. The van der Waals surface area contributed by atoms with Crippen LogP contribution in [0.5, 0.6) is 0 Å². The van der Waals surface area contributed by atoms with Gasteiger partial charge in [0.2, 0.25) is 5.16 Å². The maximum Gasteiger partial charge on any atom is 0.416 e. The number of carboxylic acids is 1. The predicted molar refractivity (Wildman–Crippen MR) is 146 cm³/mol. The lowest BCUT2D eigenvalue weighted by Crippen LogP contribution is -2.70. The topological polar surface area (TPSA) is 193 Å². The number of carboxylic acid groups (broad SMARTS) is 1. The van der Waals surface area contributed by atoms with E-state index in [2.05, 4.69) is 25.8 Å². The molecule has 18 heteroatoms. The first-order valence-electron chi connectivity index (χ1n) is 12.0. The monoisotopic (exact) mass is 612 g/mol. The van der Waals surface area contributed by atoms with Gasteiger partial charge in [-0.1, -0.05) is 18.7 Å². The second kappa shape index (κ2) is 11.7. The quantitative estimate of drug-likeness (QED) is 0.254. The summed E-state index contributed by atoms with van der Waals surface area (Å²) in [5.41, 5.74) is -0.280. The normalized spacial score (nSPS) is 19.6. The van der Waals surface area contributed by atoms with Gasteiger partial charge in [-0.25, -0.2) is 19.3 Å². The lowest BCUT2D eigenvalue weighted by atomic mass is 10.0. The highest BCUT2D eigenvalue weighted by molar-refractivity contribution is 8.01. The van der Waals surface area contributed by atoms with Gasteiger partial charge in [-0.05, 0) is 36.3 Å². The van der Waals surface area contributed by atoms with Crippen molar-refractivity contribution < 1.29 is 34.1 Å². The molecule has 2 aliphatic rings. The number of thioether (sulfide) groups is 2. The lowest BCUT2D eigenvalue weighted by Gasteiger charge is -2.49. The number of tetrazole rings is 1. The molecule has 0 aliphatic carbocycles. The molecule has 2 aliphatic heterocycles. The molecule has 2 aromatic heterocycles. The van der Waals surface area contributed by atoms with Crippen molar-refractivity contribution >= 4 is 63.9 Å². The van der Waals surface area contributed by atoms with Crippen LogP contribution in [-0.2, 0) is 26.2 Å². The van der Waals surface area contributed by atoms with Crippen molar-refractivity contribution in [2.24, 2.45) is 7.05 Å². The molecule has 1 saturated heterocycles. The number of hydrogen-bond acceptors (Lipinski definition) is 13. The number of thiazole rings is 1. The third kappa shape index (κ3) is 5.93. The molecule has 4 rings (SSSR count). The van der Waals surface area contributed by atoms with Gasteiger partial charge in [-0.2, -0.15) is 0 Å². The molecule has 3 N–H and O–H groups in total. The summed E-state index contributed by atoms with van der Waals surface area (Å²) in [5.74, 6) is -2.15. The van der Waals surface area contributed by atoms with Crippen LogP contribution in [0.25, 0.3) is 0 Å². The third-order valence-electron chi connectivity index (χ3n) is 6.32. The number of aliphatic hydroxyl groups is 1. The molecule has 2 aromatic rings. The number of amides is 3. The Morgan fingerprint density at radius 3 is 2.73 bits per heavy atom. The number of carbonyl (C=O) groups excluding carboxylic acids is 3. The zero-order valence-electron chi connectivity index (χ0n) is 22.2. The van der Waals surface area contributed by atoms with Crippen LogP contribution >= 0.6 is 34.9 Å². The summed E-state index contributed by atoms with van der Waals surface area (Å²) in [5, 5.41) is 35.6. The fraction of sp³-hybridized carbons (Fsp3) is 0.545. The molecule has 0 aromatic carbocycles. The van der Waals surface area contributed by atoms with Crippen molar-refractivity contribution in [2.45, 2.75) is 55.5 Å². The minimum Gasteiger partial charge on any atom is -0.477 e. The molecule has 15 nitrogen and oxygen atoms in total. The first-order chi connectivity index (χ1) is 18.8. The largest absolute Gasteiger partial charge is 0.477 e. The van der Waals surface area contributed by atoms with Crippen LogP contribution in [0, 0.1) is 0 Å². The number of β-lactam (4-membered cyclic amide) rings is 1. The van der Waals surface area contributed by atoms with Crippen molar-refractivity contribution in [3.05, 3.63) is 22.3 Å². The molecule has 0 radical (unpaired) electrons. The SMILES string of the molecule is CCC(C)(C)OC(=O)N(C)c1nc(C(O)C(=O)NC2C(=O)N3C(C(=O)O)=C(CSc4nnnn4C)CS[C@H]23)cs1. The van der Waals surface area contributed by atoms with Crippen LogP contribution in [0.3, 0.4) is 0 Å². The number of aromatic nitrogens is 5. The third-order valence-corrected chi connectivity index (χ3v) is 9.69. The Hall–Kier alpha value is -3.22. The number of nitrogens with one attached hydrogen (secondary N) is 1. The number of aliphatic carboxylic acids is 1. The van der Waals surface area contributed by atoms with E-state index in [-0.39, 0.29) is 22.3 Å². The molecule has 216 valence electrons. The van der Waals surface area contributed by atoms with Crippen LogP contribution in [0.15, 0.2) is 21.8 Å². The second-order valence-electron chi connectivity index (χ2n) is 9.52. The fourth-order valence-electron chi connectivity index (χ4n) is 3.67. The molecule has 0 spiro atoms. The van der Waals surface area contributed by atoms with E-state index in [1.54, 1.807) is 20.9 Å². The molecule has 0 saturated carbocycles. The summed E-state index contributed by atoms with van der Waals surface area (Å²) < 4.78 is 6.90. The highest BCUT2D eigenvalue weighted by atomic mass is 32.2. The van der Waals surface area contributed by atoms with Gasteiger partial charge in [0, 0.05) is 31.0 Å². The number of anilines is 1. The minimum absolute atomic E-state index is 0.00414. The Balaban J connectivity index is 1.39. The van der Waals surface area contributed by atoms with E-state index in [0.717, 1.165) is 16.2 Å². The van der Waals surface area contributed by atoms with Gasteiger partial charge in [-0.3, -0.25) is 19.4 Å². The molecule has 4 heterocycles. The van der Waals surface area contributed by atoms with Crippen LogP contribution in [0.4, 0.5) is 9.93 Å². The van der Waals surface area contributed by atoms with Gasteiger partial charge < -0.3 is 20.3 Å². The van der Waals surface area contributed by atoms with Gasteiger partial charge in [0.15, 0.2) is 11.2 Å². The Morgan fingerprint density at radius 1 is 1.38 bits per heavy atom. The number of rotatable bonds is 10. The lowest BCUT2D eigenvalue weighted by molar-refractivity contribution is -0.151.